The van der Waals surface area contributed by atoms with Crippen LogP contribution in [0.4, 0.5) is 0 Å². The second-order valence-electron chi connectivity index (χ2n) is 7.52. The van der Waals surface area contributed by atoms with E-state index in [0.717, 1.165) is 5.56 Å². The van der Waals surface area contributed by atoms with E-state index in [4.69, 9.17) is 24.1 Å². The molecule has 170 valence electrons. The second-order valence-corrected chi connectivity index (χ2v) is 7.52. The molecule has 3 rings (SSSR count). The average Bonchev–Trinajstić information content (AvgIpc) is 3.03. The molecule has 1 aromatic rings. The molecular weight excluding hydrogens is 404 g/mol. The van der Waals surface area contributed by atoms with Crippen molar-refractivity contribution in [1.82, 2.24) is 0 Å². The van der Waals surface area contributed by atoms with Crippen LogP contribution in [0.3, 0.4) is 0 Å². The number of aliphatic hydroxyl groups is 6. The van der Waals surface area contributed by atoms with Crippen molar-refractivity contribution in [2.75, 3.05) is 26.4 Å². The summed E-state index contributed by atoms with van der Waals surface area (Å²) in [5.41, 5.74) is -0.978. The average molecular weight is 432 g/mol. The summed E-state index contributed by atoms with van der Waals surface area (Å²) in [6.07, 6.45) is -9.23. The molecule has 0 spiro atoms. The molecule has 2 heterocycles. The molecule has 0 bridgehead atoms. The smallest absolute Gasteiger partial charge is 0.186 e. The van der Waals surface area contributed by atoms with Crippen LogP contribution in [0, 0.1) is 0 Å². The van der Waals surface area contributed by atoms with E-state index < -0.39 is 55.3 Å². The van der Waals surface area contributed by atoms with E-state index in [-0.39, 0.29) is 25.6 Å². The first-order valence-electron chi connectivity index (χ1n) is 9.59. The lowest BCUT2D eigenvalue weighted by molar-refractivity contribution is -0.309. The van der Waals surface area contributed by atoms with Crippen LogP contribution < -0.4 is 0 Å². The van der Waals surface area contributed by atoms with E-state index in [0.29, 0.717) is 6.42 Å². The van der Waals surface area contributed by atoms with Gasteiger partial charge in [0.15, 0.2) is 12.6 Å². The topological polar surface area (TPSA) is 179 Å². The molecule has 11 nitrogen and oxygen atoms in total. The van der Waals surface area contributed by atoms with Gasteiger partial charge in [-0.2, -0.15) is 0 Å². The Bertz CT molecular complexity index is 671. The molecule has 2 aliphatic rings. The number of aromatic hydroxyl groups is 1. The number of aliphatic hydroxyl groups excluding tert-OH is 5. The summed E-state index contributed by atoms with van der Waals surface area (Å²) in [7, 11) is 0. The Kier molecular flexibility index (Phi) is 7.63. The van der Waals surface area contributed by atoms with E-state index in [1.54, 1.807) is 12.1 Å². The number of hydrogen-bond donors (Lipinski definition) is 7. The van der Waals surface area contributed by atoms with Crippen molar-refractivity contribution < 1.29 is 54.7 Å². The minimum absolute atomic E-state index is 0.136. The molecule has 0 amide bonds. The van der Waals surface area contributed by atoms with Crippen molar-refractivity contribution in [3.05, 3.63) is 29.8 Å². The minimum atomic E-state index is -1.85. The molecule has 2 saturated heterocycles. The van der Waals surface area contributed by atoms with E-state index in [1.807, 2.05) is 0 Å². The van der Waals surface area contributed by atoms with E-state index >= 15 is 0 Å². The number of hydrogen-bond acceptors (Lipinski definition) is 11. The predicted octanol–water partition coefficient (Wildman–Crippen LogP) is -2.78. The van der Waals surface area contributed by atoms with E-state index in [2.05, 4.69) is 0 Å². The Balaban J connectivity index is 1.52. The molecule has 2 fully saturated rings. The maximum atomic E-state index is 10.2. The summed E-state index contributed by atoms with van der Waals surface area (Å²) in [5.74, 6) is 0.138. The first-order valence-corrected chi connectivity index (χ1v) is 9.59. The molecule has 0 saturated carbocycles. The SMILES string of the molecule is OC[C@@]1(O)CO[C@H](OC[C@H]2O[C@@H](OCCc3ccc(O)cc3)[C@H](O)[C@@H](O)[C@@H]2O)[C@@H]1O. The van der Waals surface area contributed by atoms with Gasteiger partial charge in [-0.15, -0.1) is 0 Å². The lowest BCUT2D eigenvalue weighted by Gasteiger charge is -2.40. The van der Waals surface area contributed by atoms with Crippen LogP contribution in [-0.4, -0.2) is 111 Å². The van der Waals surface area contributed by atoms with Crippen molar-refractivity contribution >= 4 is 0 Å². The van der Waals surface area contributed by atoms with E-state index in [9.17, 15) is 30.6 Å². The standard InChI is InChI=1S/C19H28O11/c20-8-19(26)9-29-18(16(19)25)28-7-12-13(22)14(23)15(24)17(30-12)27-6-5-10-1-3-11(21)4-2-10/h1-4,12-18,20-26H,5-9H2/t12-,13-,14+,15-,16+,17-,18+,19-/m1/s1. The molecule has 0 radical (unpaired) electrons. The van der Waals surface area contributed by atoms with Crippen LogP contribution in [0.25, 0.3) is 0 Å². The van der Waals surface area contributed by atoms with Gasteiger partial charge in [0.1, 0.15) is 41.9 Å². The first kappa shape index (κ1) is 23.3. The lowest BCUT2D eigenvalue weighted by Crippen LogP contribution is -2.59. The number of phenols is 1. The molecule has 2 aliphatic heterocycles. The fourth-order valence-corrected chi connectivity index (χ4v) is 3.27. The summed E-state index contributed by atoms with van der Waals surface area (Å²) < 4.78 is 21.5. The highest BCUT2D eigenvalue weighted by molar-refractivity contribution is 5.25. The maximum absolute atomic E-state index is 10.2. The van der Waals surface area contributed by atoms with Gasteiger partial charge in [0.25, 0.3) is 0 Å². The van der Waals surface area contributed by atoms with Gasteiger partial charge >= 0.3 is 0 Å². The third kappa shape index (κ3) is 5.08. The zero-order valence-corrected chi connectivity index (χ0v) is 16.1. The van der Waals surface area contributed by atoms with Crippen molar-refractivity contribution in [3.63, 3.8) is 0 Å². The Morgan fingerprint density at radius 2 is 1.67 bits per heavy atom. The Labute approximate surface area is 172 Å². The summed E-state index contributed by atoms with van der Waals surface area (Å²) in [4.78, 5) is 0. The quantitative estimate of drug-likeness (QED) is 0.226. The van der Waals surface area contributed by atoms with Gasteiger partial charge in [-0.05, 0) is 24.1 Å². The fourth-order valence-electron chi connectivity index (χ4n) is 3.27. The highest BCUT2D eigenvalue weighted by Crippen LogP contribution is 2.27. The monoisotopic (exact) mass is 432 g/mol. The van der Waals surface area contributed by atoms with Crippen LogP contribution in [0.1, 0.15) is 5.56 Å². The minimum Gasteiger partial charge on any atom is -0.508 e. The number of rotatable bonds is 8. The van der Waals surface area contributed by atoms with Crippen LogP contribution in [0.15, 0.2) is 24.3 Å². The molecule has 30 heavy (non-hydrogen) atoms. The summed E-state index contributed by atoms with van der Waals surface area (Å²) in [6.45, 7) is -1.27. The summed E-state index contributed by atoms with van der Waals surface area (Å²) >= 11 is 0. The molecule has 11 heteroatoms. The van der Waals surface area contributed by atoms with E-state index in [1.165, 1.54) is 12.1 Å². The molecule has 0 aromatic heterocycles. The summed E-state index contributed by atoms with van der Waals surface area (Å²) in [6, 6.07) is 6.50. The number of benzene rings is 1. The van der Waals surface area contributed by atoms with Gasteiger partial charge in [0, 0.05) is 0 Å². The van der Waals surface area contributed by atoms with Crippen molar-refractivity contribution in [2.45, 2.75) is 55.1 Å². The van der Waals surface area contributed by atoms with Crippen LogP contribution in [0.2, 0.25) is 0 Å². The fraction of sp³-hybridized carbons (Fsp3) is 0.684. The van der Waals surface area contributed by atoms with Gasteiger partial charge < -0.3 is 54.7 Å². The molecular formula is C19H28O11. The third-order valence-corrected chi connectivity index (χ3v) is 5.28. The Morgan fingerprint density at radius 3 is 2.30 bits per heavy atom. The maximum Gasteiger partial charge on any atom is 0.186 e. The van der Waals surface area contributed by atoms with Gasteiger partial charge in [-0.25, -0.2) is 0 Å². The summed E-state index contributed by atoms with van der Waals surface area (Å²) in [5, 5.41) is 68.8. The van der Waals surface area contributed by atoms with Gasteiger partial charge in [0.05, 0.1) is 26.4 Å². The number of phenolic OH excluding ortho intramolecular Hbond substituents is 1. The van der Waals surface area contributed by atoms with Crippen molar-refractivity contribution in [3.8, 4) is 5.75 Å². The molecule has 8 atom stereocenters. The highest BCUT2D eigenvalue weighted by atomic mass is 16.7. The van der Waals surface area contributed by atoms with Gasteiger partial charge in [-0.1, -0.05) is 12.1 Å². The van der Waals surface area contributed by atoms with Crippen molar-refractivity contribution in [2.24, 2.45) is 0 Å². The molecule has 7 N–H and O–H groups in total. The predicted molar refractivity (Wildman–Crippen MR) is 98.2 cm³/mol. The second kappa shape index (κ2) is 9.83. The van der Waals surface area contributed by atoms with Gasteiger partial charge in [0.2, 0.25) is 0 Å². The largest absolute Gasteiger partial charge is 0.508 e. The zero-order valence-electron chi connectivity index (χ0n) is 16.1. The van der Waals surface area contributed by atoms with Crippen molar-refractivity contribution in [1.29, 1.82) is 0 Å². The zero-order chi connectivity index (χ0) is 21.9. The van der Waals surface area contributed by atoms with Crippen LogP contribution in [0.5, 0.6) is 5.75 Å². The van der Waals surface area contributed by atoms with Gasteiger partial charge in [-0.3, -0.25) is 0 Å². The molecule has 0 aliphatic carbocycles. The third-order valence-electron chi connectivity index (χ3n) is 5.28. The number of ether oxygens (including phenoxy) is 4. The van der Waals surface area contributed by atoms with Crippen LogP contribution >= 0.6 is 0 Å². The molecule has 0 unspecified atom stereocenters. The Morgan fingerprint density at radius 1 is 0.967 bits per heavy atom. The Hall–Kier alpha value is -1.38. The molecule has 1 aromatic carbocycles. The highest BCUT2D eigenvalue weighted by Gasteiger charge is 2.50. The van der Waals surface area contributed by atoms with Crippen LogP contribution in [-0.2, 0) is 25.4 Å². The normalized spacial score (nSPS) is 39.3. The lowest BCUT2D eigenvalue weighted by atomic mass is 9.99. The first-order chi connectivity index (χ1) is 14.2.